The van der Waals surface area contributed by atoms with Gasteiger partial charge in [0, 0.05) is 6.07 Å². The maximum Gasteiger partial charge on any atom is 0.129 e. The van der Waals surface area contributed by atoms with Gasteiger partial charge in [0.25, 0.3) is 0 Å². The minimum atomic E-state index is -0.104. The number of nitrogens with zero attached hydrogens (tertiary/aromatic N) is 2. The van der Waals surface area contributed by atoms with Crippen molar-refractivity contribution in [2.75, 3.05) is 13.1 Å². The lowest BCUT2D eigenvalue weighted by atomic mass is 10.1. The van der Waals surface area contributed by atoms with Crippen molar-refractivity contribution in [3.8, 4) is 17.2 Å². The van der Waals surface area contributed by atoms with E-state index in [9.17, 15) is 15.3 Å². The number of aromatic hydroxyl groups is 3. The topological polar surface area (TPSA) is 85.4 Å². The average molecular weight is 230 g/mol. The molecule has 2 aromatic carbocycles. The number of phenolic OH excluding ortho intramolecular Hbond substituents is 3. The van der Waals surface area contributed by atoms with Crippen LogP contribution in [0.3, 0.4) is 0 Å². The van der Waals surface area contributed by atoms with Crippen molar-refractivity contribution in [3.63, 3.8) is 0 Å². The van der Waals surface area contributed by atoms with Crippen LogP contribution < -0.4 is 10.7 Å². The number of phenols is 3. The predicted octanol–water partition coefficient (Wildman–Crippen LogP) is 0.209. The molecule has 1 aliphatic rings. The van der Waals surface area contributed by atoms with Gasteiger partial charge in [0.1, 0.15) is 17.2 Å². The minimum absolute atomic E-state index is 0.0224. The second-order valence-electron chi connectivity index (χ2n) is 3.88. The molecule has 0 aromatic heterocycles. The van der Waals surface area contributed by atoms with Crippen molar-refractivity contribution in [2.45, 2.75) is 0 Å². The van der Waals surface area contributed by atoms with Gasteiger partial charge in [-0.2, -0.15) is 0 Å². The molecule has 0 fully saturated rings. The van der Waals surface area contributed by atoms with Gasteiger partial charge in [-0.25, -0.2) is 0 Å². The molecule has 0 amide bonds. The lowest BCUT2D eigenvalue weighted by Gasteiger charge is -2.08. The minimum Gasteiger partial charge on any atom is -0.507 e. The predicted molar refractivity (Wildman–Crippen MR) is 61.0 cm³/mol. The Morgan fingerprint density at radius 1 is 0.824 bits per heavy atom. The van der Waals surface area contributed by atoms with Crippen molar-refractivity contribution in [2.24, 2.45) is 9.98 Å². The third kappa shape index (κ3) is 1.32. The molecule has 3 rings (SSSR count). The number of hydrogen-bond donors (Lipinski definition) is 3. The number of fused-ring (bicyclic) bond motifs is 3. The van der Waals surface area contributed by atoms with Gasteiger partial charge >= 0.3 is 0 Å². The van der Waals surface area contributed by atoms with Crippen molar-refractivity contribution in [1.29, 1.82) is 0 Å². The summed E-state index contributed by atoms with van der Waals surface area (Å²) in [7, 11) is 0. The number of hydrogen-bond acceptors (Lipinski definition) is 5. The Labute approximate surface area is 96.0 Å². The molecule has 17 heavy (non-hydrogen) atoms. The van der Waals surface area contributed by atoms with Gasteiger partial charge in [-0.05, 0) is 12.1 Å². The molecule has 0 aliphatic carbocycles. The second-order valence-corrected chi connectivity index (χ2v) is 3.88. The van der Waals surface area contributed by atoms with E-state index in [0.717, 1.165) is 0 Å². The normalized spacial score (nSPS) is 13.9. The SMILES string of the molecule is Oc1ccc(O)c2c3c(cc(O)c12)=NCCN=3. The molecule has 1 heterocycles. The van der Waals surface area contributed by atoms with Gasteiger partial charge in [-0.1, -0.05) is 0 Å². The lowest BCUT2D eigenvalue weighted by Crippen LogP contribution is -2.30. The molecule has 0 bridgehead atoms. The van der Waals surface area contributed by atoms with Crippen molar-refractivity contribution in [3.05, 3.63) is 28.9 Å². The third-order valence-corrected chi connectivity index (χ3v) is 2.82. The van der Waals surface area contributed by atoms with Crippen LogP contribution in [0, 0.1) is 0 Å². The summed E-state index contributed by atoms with van der Waals surface area (Å²) in [4.78, 5) is 8.52. The maximum atomic E-state index is 9.86. The first-order valence-corrected chi connectivity index (χ1v) is 5.24. The van der Waals surface area contributed by atoms with Crippen molar-refractivity contribution < 1.29 is 15.3 Å². The van der Waals surface area contributed by atoms with E-state index >= 15 is 0 Å². The molecule has 0 radical (unpaired) electrons. The highest BCUT2D eigenvalue weighted by Crippen LogP contribution is 2.34. The van der Waals surface area contributed by atoms with Crippen LogP contribution >= 0.6 is 0 Å². The highest BCUT2D eigenvalue weighted by molar-refractivity contribution is 5.96. The van der Waals surface area contributed by atoms with E-state index in [2.05, 4.69) is 9.98 Å². The van der Waals surface area contributed by atoms with Gasteiger partial charge in [-0.15, -0.1) is 0 Å². The van der Waals surface area contributed by atoms with Crippen LogP contribution in [-0.4, -0.2) is 28.4 Å². The molecule has 1 aliphatic heterocycles. The number of rotatable bonds is 0. The Morgan fingerprint density at radius 2 is 1.47 bits per heavy atom. The highest BCUT2D eigenvalue weighted by atomic mass is 16.3. The summed E-state index contributed by atoms with van der Waals surface area (Å²) in [5.41, 5.74) is 0. The second kappa shape index (κ2) is 3.35. The molecule has 0 atom stereocenters. The molecular weight excluding hydrogens is 220 g/mol. The van der Waals surface area contributed by atoms with Crippen LogP contribution in [0.25, 0.3) is 10.8 Å². The highest BCUT2D eigenvalue weighted by Gasteiger charge is 2.14. The van der Waals surface area contributed by atoms with Crippen molar-refractivity contribution >= 4 is 10.8 Å². The zero-order valence-corrected chi connectivity index (χ0v) is 8.88. The Hall–Kier alpha value is -2.30. The monoisotopic (exact) mass is 230 g/mol. The zero-order chi connectivity index (χ0) is 12.0. The first kappa shape index (κ1) is 9.89. The van der Waals surface area contributed by atoms with Crippen LogP contribution in [0.2, 0.25) is 0 Å². The van der Waals surface area contributed by atoms with E-state index in [0.29, 0.717) is 29.2 Å². The average Bonchev–Trinajstić information content (AvgIpc) is 2.33. The molecule has 0 spiro atoms. The molecular formula is C12H10N2O3. The van der Waals surface area contributed by atoms with Crippen LogP contribution in [0.1, 0.15) is 0 Å². The van der Waals surface area contributed by atoms with Gasteiger partial charge in [0.2, 0.25) is 0 Å². The maximum absolute atomic E-state index is 9.86. The summed E-state index contributed by atoms with van der Waals surface area (Å²) in [6.45, 7) is 1.11. The molecule has 0 saturated carbocycles. The van der Waals surface area contributed by atoms with E-state index in [1.807, 2.05) is 0 Å². The quantitative estimate of drug-likeness (QED) is 0.565. The summed E-state index contributed by atoms with van der Waals surface area (Å²) >= 11 is 0. The summed E-state index contributed by atoms with van der Waals surface area (Å²) in [6, 6.07) is 4.17. The number of benzene rings is 2. The van der Waals surface area contributed by atoms with Crippen LogP contribution in [0.5, 0.6) is 17.2 Å². The first-order chi connectivity index (χ1) is 8.18. The molecule has 86 valence electrons. The fraction of sp³-hybridized carbons (Fsp3) is 0.167. The van der Waals surface area contributed by atoms with Crippen LogP contribution in [-0.2, 0) is 0 Å². The standard InChI is InChI=1S/C12H10N2O3/c15-7-1-2-8(16)11-10(7)9(17)5-6-12(11)14-4-3-13-6/h1-2,5,15-17H,3-4H2. The van der Waals surface area contributed by atoms with Crippen molar-refractivity contribution in [1.82, 2.24) is 0 Å². The van der Waals surface area contributed by atoms with E-state index in [1.54, 1.807) is 0 Å². The van der Waals surface area contributed by atoms with Gasteiger partial charge in [0.05, 0.1) is 34.6 Å². The largest absolute Gasteiger partial charge is 0.507 e. The Balaban J connectivity index is 2.69. The fourth-order valence-corrected chi connectivity index (χ4v) is 2.09. The Kier molecular flexibility index (Phi) is 1.95. The van der Waals surface area contributed by atoms with E-state index in [-0.39, 0.29) is 22.6 Å². The molecule has 0 saturated heterocycles. The van der Waals surface area contributed by atoms with E-state index in [4.69, 9.17) is 0 Å². The summed E-state index contributed by atoms with van der Waals surface area (Å²) < 4.78 is 0. The lowest BCUT2D eigenvalue weighted by molar-refractivity contribution is 0.456. The molecule has 3 N–H and O–H groups in total. The summed E-state index contributed by atoms with van der Waals surface area (Å²) in [6.07, 6.45) is 0. The van der Waals surface area contributed by atoms with Crippen LogP contribution in [0.15, 0.2) is 28.2 Å². The Morgan fingerprint density at radius 3 is 2.24 bits per heavy atom. The zero-order valence-electron chi connectivity index (χ0n) is 8.88. The summed E-state index contributed by atoms with van der Waals surface area (Å²) in [5.74, 6) is -0.210. The van der Waals surface area contributed by atoms with Crippen LogP contribution in [0.4, 0.5) is 0 Å². The summed E-state index contributed by atoms with van der Waals surface area (Å²) in [5, 5.41) is 31.1. The Bertz CT molecular complexity index is 738. The van der Waals surface area contributed by atoms with Gasteiger partial charge < -0.3 is 15.3 Å². The third-order valence-electron chi connectivity index (χ3n) is 2.82. The first-order valence-electron chi connectivity index (χ1n) is 5.24. The smallest absolute Gasteiger partial charge is 0.129 e. The van der Waals surface area contributed by atoms with E-state index in [1.165, 1.54) is 18.2 Å². The van der Waals surface area contributed by atoms with E-state index < -0.39 is 0 Å². The molecule has 5 nitrogen and oxygen atoms in total. The van der Waals surface area contributed by atoms with Gasteiger partial charge in [0.15, 0.2) is 0 Å². The fourth-order valence-electron chi connectivity index (χ4n) is 2.09. The molecule has 0 unspecified atom stereocenters. The van der Waals surface area contributed by atoms with Gasteiger partial charge in [-0.3, -0.25) is 9.98 Å². The molecule has 5 heteroatoms. The molecule has 2 aromatic rings.